The summed E-state index contributed by atoms with van der Waals surface area (Å²) in [7, 11) is 1.63. The van der Waals surface area contributed by atoms with Gasteiger partial charge in [0.05, 0.1) is 0 Å². The first-order valence-corrected chi connectivity index (χ1v) is 12.4. The van der Waals surface area contributed by atoms with E-state index in [0.717, 1.165) is 22.8 Å². The van der Waals surface area contributed by atoms with Gasteiger partial charge in [0.1, 0.15) is 11.4 Å². The molecule has 0 aliphatic carbocycles. The van der Waals surface area contributed by atoms with E-state index in [4.69, 9.17) is 9.72 Å². The van der Waals surface area contributed by atoms with E-state index in [1.165, 1.54) is 0 Å². The number of piperidine rings is 1. The highest BCUT2D eigenvalue weighted by atomic mass is 16.5. The minimum absolute atomic E-state index is 0.118. The fraction of sp³-hybridized carbons (Fsp3) is 0.385. The molecule has 1 saturated heterocycles. The summed E-state index contributed by atoms with van der Waals surface area (Å²) in [6.45, 7) is 5.14. The van der Waals surface area contributed by atoms with E-state index in [-0.39, 0.29) is 5.78 Å². The molecule has 0 aromatic carbocycles. The number of hydrogen-bond acceptors (Lipinski definition) is 9. The first-order valence-electron chi connectivity index (χ1n) is 12.4. The summed E-state index contributed by atoms with van der Waals surface area (Å²) >= 11 is 0. The van der Waals surface area contributed by atoms with Crippen LogP contribution in [0, 0.1) is 13.8 Å². The molecule has 4 aromatic rings. The Labute approximate surface area is 215 Å². The molecule has 11 nitrogen and oxygen atoms in total. The summed E-state index contributed by atoms with van der Waals surface area (Å²) in [6, 6.07) is 9.56. The van der Waals surface area contributed by atoms with Crippen molar-refractivity contribution in [1.82, 2.24) is 34.9 Å². The van der Waals surface area contributed by atoms with Crippen molar-refractivity contribution in [2.45, 2.75) is 45.1 Å². The maximum Gasteiger partial charge on any atom is 0.227 e. The van der Waals surface area contributed by atoms with Crippen LogP contribution in [-0.2, 0) is 16.0 Å². The number of methoxy groups -OCH3 is 1. The van der Waals surface area contributed by atoms with Crippen LogP contribution in [0.5, 0.6) is 0 Å². The van der Waals surface area contributed by atoms with E-state index in [1.807, 2.05) is 50.4 Å². The Morgan fingerprint density at radius 2 is 2.00 bits per heavy atom. The van der Waals surface area contributed by atoms with Gasteiger partial charge in [0.25, 0.3) is 0 Å². The number of pyridine rings is 1. The third kappa shape index (κ3) is 5.51. The zero-order chi connectivity index (χ0) is 25.8. The van der Waals surface area contributed by atoms with Crippen molar-refractivity contribution in [2.75, 3.05) is 30.4 Å². The molecule has 37 heavy (non-hydrogen) atoms. The molecule has 1 fully saturated rings. The lowest BCUT2D eigenvalue weighted by Gasteiger charge is -2.39. The van der Waals surface area contributed by atoms with Crippen molar-refractivity contribution in [3.05, 3.63) is 65.9 Å². The number of aromatic amines is 1. The van der Waals surface area contributed by atoms with Gasteiger partial charge in [-0.05, 0) is 38.0 Å². The second-order valence-corrected chi connectivity index (χ2v) is 9.34. The number of nitrogens with one attached hydrogen (secondary N) is 2. The van der Waals surface area contributed by atoms with Crippen molar-refractivity contribution in [2.24, 2.45) is 0 Å². The molecular weight excluding hydrogens is 470 g/mol. The molecule has 0 bridgehead atoms. The number of hydrogen-bond donors (Lipinski definition) is 2. The van der Waals surface area contributed by atoms with Gasteiger partial charge in [0.2, 0.25) is 5.95 Å². The number of Topliss-reactive ketones (excluding diaryl/α,β-unsaturated/α-hetero) is 1. The van der Waals surface area contributed by atoms with Gasteiger partial charge in [-0.3, -0.25) is 9.89 Å². The van der Waals surface area contributed by atoms with Crippen LogP contribution in [0.4, 0.5) is 17.6 Å². The Morgan fingerprint density at radius 1 is 1.16 bits per heavy atom. The average molecular weight is 502 g/mol. The number of aromatic nitrogens is 7. The van der Waals surface area contributed by atoms with Crippen LogP contribution in [-0.4, -0.2) is 66.5 Å². The summed E-state index contributed by atoms with van der Waals surface area (Å²) in [6.07, 6.45) is 7.54. The smallest absolute Gasteiger partial charge is 0.227 e. The molecule has 5 rings (SSSR count). The van der Waals surface area contributed by atoms with Gasteiger partial charge < -0.3 is 15.0 Å². The zero-order valence-electron chi connectivity index (χ0n) is 21.3. The van der Waals surface area contributed by atoms with Crippen LogP contribution in [0.3, 0.4) is 0 Å². The van der Waals surface area contributed by atoms with E-state index in [2.05, 4.69) is 35.5 Å². The zero-order valence-corrected chi connectivity index (χ0v) is 21.3. The number of nitrogens with zero attached hydrogens (tertiary/aromatic N) is 7. The van der Waals surface area contributed by atoms with E-state index >= 15 is 0 Å². The molecule has 0 unspecified atom stereocenters. The average Bonchev–Trinajstić information content (AvgIpc) is 3.59. The van der Waals surface area contributed by atoms with Crippen LogP contribution in [0.1, 0.15) is 36.2 Å². The monoisotopic (exact) mass is 501 g/mol. The summed E-state index contributed by atoms with van der Waals surface area (Å²) in [5, 5.41) is 14.6. The highest BCUT2D eigenvalue weighted by Gasteiger charge is 2.41. The summed E-state index contributed by atoms with van der Waals surface area (Å²) < 4.78 is 7.55. The second-order valence-electron chi connectivity index (χ2n) is 9.34. The predicted molar refractivity (Wildman–Crippen MR) is 139 cm³/mol. The SMILES string of the molecule is COC1(C(=O)CCc2ccc(-n3cccn3)nc2)CCN(c2nc(C)cc(Nc3cc(C)[nH]n3)n2)CC1. The number of aryl methyl sites for hydroxylation is 3. The molecular formula is C26H31N9O2. The largest absolute Gasteiger partial charge is 0.370 e. The summed E-state index contributed by atoms with van der Waals surface area (Å²) in [4.78, 5) is 29.2. The van der Waals surface area contributed by atoms with Gasteiger partial charge in [-0.2, -0.15) is 15.2 Å². The van der Waals surface area contributed by atoms with E-state index in [0.29, 0.717) is 56.4 Å². The molecule has 4 aromatic heterocycles. The lowest BCUT2D eigenvalue weighted by atomic mass is 9.84. The van der Waals surface area contributed by atoms with Gasteiger partial charge >= 0.3 is 0 Å². The number of ether oxygens (including phenoxy) is 1. The van der Waals surface area contributed by atoms with Crippen LogP contribution < -0.4 is 10.2 Å². The van der Waals surface area contributed by atoms with Crippen LogP contribution in [0.2, 0.25) is 0 Å². The third-order valence-corrected chi connectivity index (χ3v) is 6.75. The fourth-order valence-corrected chi connectivity index (χ4v) is 4.63. The normalized spacial score (nSPS) is 15.1. The Bertz CT molecular complexity index is 1340. The third-order valence-electron chi connectivity index (χ3n) is 6.75. The van der Waals surface area contributed by atoms with Crippen LogP contribution in [0.25, 0.3) is 5.82 Å². The number of anilines is 3. The predicted octanol–water partition coefficient (Wildman–Crippen LogP) is 3.33. The number of rotatable bonds is 9. The van der Waals surface area contributed by atoms with E-state index in [9.17, 15) is 4.79 Å². The number of carbonyl (C=O) groups is 1. The van der Waals surface area contributed by atoms with Crippen LogP contribution >= 0.6 is 0 Å². The summed E-state index contributed by atoms with van der Waals surface area (Å²) in [5.74, 6) is 2.88. The second kappa shape index (κ2) is 10.5. The molecule has 2 N–H and O–H groups in total. The maximum absolute atomic E-state index is 13.3. The van der Waals surface area contributed by atoms with Crippen molar-refractivity contribution in [3.8, 4) is 5.82 Å². The van der Waals surface area contributed by atoms with Gasteiger partial charge in [-0.1, -0.05) is 6.07 Å². The van der Waals surface area contributed by atoms with Gasteiger partial charge in [-0.15, -0.1) is 0 Å². The molecule has 0 amide bonds. The lowest BCUT2D eigenvalue weighted by Crippen LogP contribution is -2.51. The molecule has 1 aliphatic heterocycles. The van der Waals surface area contributed by atoms with Crippen molar-refractivity contribution >= 4 is 23.4 Å². The van der Waals surface area contributed by atoms with Crippen LogP contribution in [0.15, 0.2) is 48.9 Å². The maximum atomic E-state index is 13.3. The van der Waals surface area contributed by atoms with E-state index < -0.39 is 5.60 Å². The Hall–Kier alpha value is -4.12. The Kier molecular flexibility index (Phi) is 6.95. The minimum Gasteiger partial charge on any atom is -0.370 e. The number of carbonyl (C=O) groups excluding carboxylic acids is 1. The van der Waals surface area contributed by atoms with Crippen molar-refractivity contribution in [1.29, 1.82) is 0 Å². The molecule has 1 aliphatic rings. The molecule has 0 atom stereocenters. The molecule has 0 saturated carbocycles. The topological polar surface area (TPSA) is 127 Å². The van der Waals surface area contributed by atoms with Crippen molar-refractivity contribution in [3.63, 3.8) is 0 Å². The van der Waals surface area contributed by atoms with Gasteiger partial charge in [0.15, 0.2) is 17.4 Å². The number of H-pyrrole nitrogens is 1. The quantitative estimate of drug-likeness (QED) is 0.355. The molecule has 0 spiro atoms. The van der Waals surface area contributed by atoms with E-state index in [1.54, 1.807) is 24.2 Å². The van der Waals surface area contributed by atoms with Gasteiger partial charge in [0, 0.05) is 81.6 Å². The molecule has 11 heteroatoms. The molecule has 192 valence electrons. The Balaban J connectivity index is 1.20. The van der Waals surface area contributed by atoms with Crippen molar-refractivity contribution < 1.29 is 9.53 Å². The summed E-state index contributed by atoms with van der Waals surface area (Å²) in [5.41, 5.74) is 2.03. The first-order chi connectivity index (χ1) is 17.9. The molecule has 0 radical (unpaired) electrons. The molecule has 5 heterocycles. The highest BCUT2D eigenvalue weighted by molar-refractivity contribution is 5.88. The number of ketones is 1. The highest BCUT2D eigenvalue weighted by Crippen LogP contribution is 2.31. The Morgan fingerprint density at radius 3 is 2.65 bits per heavy atom. The lowest BCUT2D eigenvalue weighted by molar-refractivity contribution is -0.143. The van der Waals surface area contributed by atoms with Gasteiger partial charge in [-0.25, -0.2) is 14.6 Å². The first kappa shape index (κ1) is 24.6. The fourth-order valence-electron chi connectivity index (χ4n) is 4.63. The minimum atomic E-state index is -0.795. The standard InChI is InChI=1S/C26H31N9O2/c1-18-15-22(30-23-16-19(2)32-33-23)31-25(29-18)34-13-9-26(37-3,10-14-34)21(36)7-5-20-6-8-24(27-17-20)35-12-4-11-28-35/h4,6,8,11-12,15-17H,5,7,9-10,13-14H2,1-3H3,(H2,29,30,31,32,33).